The number of rotatable bonds is 7. The average Bonchev–Trinajstić information content (AvgIpc) is 3.01. The van der Waals surface area contributed by atoms with Crippen molar-refractivity contribution in [3.8, 4) is 5.75 Å². The van der Waals surface area contributed by atoms with Crippen LogP contribution in [0.25, 0.3) is 0 Å². The second kappa shape index (κ2) is 9.77. The minimum Gasteiger partial charge on any atom is -0.491 e. The van der Waals surface area contributed by atoms with E-state index < -0.39 is 0 Å². The van der Waals surface area contributed by atoms with E-state index in [4.69, 9.17) is 4.74 Å². The van der Waals surface area contributed by atoms with Crippen LogP contribution in [0, 0.1) is 5.82 Å². The summed E-state index contributed by atoms with van der Waals surface area (Å²) < 4.78 is 19.1. The van der Waals surface area contributed by atoms with Gasteiger partial charge in [-0.15, -0.1) is 0 Å². The summed E-state index contributed by atoms with van der Waals surface area (Å²) in [5.74, 6) is 1.92. The Hall–Kier alpha value is -1.43. The van der Waals surface area contributed by atoms with Crippen molar-refractivity contribution in [3.05, 3.63) is 29.6 Å². The maximum absolute atomic E-state index is 13.9. The summed E-state index contributed by atoms with van der Waals surface area (Å²) in [6, 6.07) is 5.53. The van der Waals surface area contributed by atoms with Gasteiger partial charge in [0, 0.05) is 24.9 Å². The lowest BCUT2D eigenvalue weighted by molar-refractivity contribution is 0.321. The molecule has 1 saturated carbocycles. The molecule has 2 unspecified atom stereocenters. The fourth-order valence-electron chi connectivity index (χ4n) is 2.96. The molecular formula is C18H28FN3OS. The number of ether oxygens (including phenoxy) is 1. The van der Waals surface area contributed by atoms with Gasteiger partial charge in [0.1, 0.15) is 0 Å². The van der Waals surface area contributed by atoms with Gasteiger partial charge in [-0.3, -0.25) is 4.99 Å². The first-order valence-electron chi connectivity index (χ1n) is 8.66. The summed E-state index contributed by atoms with van der Waals surface area (Å²) in [5.41, 5.74) is 0.866. The van der Waals surface area contributed by atoms with Crippen molar-refractivity contribution < 1.29 is 9.13 Å². The van der Waals surface area contributed by atoms with Gasteiger partial charge in [0.05, 0.1) is 6.61 Å². The van der Waals surface area contributed by atoms with E-state index >= 15 is 0 Å². The Morgan fingerprint density at radius 2 is 2.21 bits per heavy atom. The second-order valence-corrected chi connectivity index (χ2v) is 7.43. The van der Waals surface area contributed by atoms with Crippen LogP contribution in [0.4, 0.5) is 4.39 Å². The van der Waals surface area contributed by atoms with Gasteiger partial charge in [-0.1, -0.05) is 13.0 Å². The molecule has 2 atom stereocenters. The molecule has 0 spiro atoms. The summed E-state index contributed by atoms with van der Waals surface area (Å²) in [6.07, 6.45) is 3.62. The molecule has 1 fully saturated rings. The zero-order chi connectivity index (χ0) is 17.4. The number of thioether (sulfide) groups is 1. The molecule has 2 rings (SSSR count). The first kappa shape index (κ1) is 18.9. The van der Waals surface area contributed by atoms with E-state index in [0.29, 0.717) is 24.9 Å². The smallest absolute Gasteiger partial charge is 0.191 e. The number of halogens is 1. The summed E-state index contributed by atoms with van der Waals surface area (Å²) in [7, 11) is 1.77. The Bertz CT molecular complexity index is 553. The fourth-order valence-corrected chi connectivity index (χ4v) is 4.10. The molecule has 0 aromatic heterocycles. The number of guanidine groups is 1. The van der Waals surface area contributed by atoms with Crippen molar-refractivity contribution in [1.29, 1.82) is 0 Å². The quantitative estimate of drug-likeness (QED) is 0.581. The molecule has 0 saturated heterocycles. The van der Waals surface area contributed by atoms with Gasteiger partial charge in [0.2, 0.25) is 0 Å². The highest BCUT2D eigenvalue weighted by Crippen LogP contribution is 2.29. The van der Waals surface area contributed by atoms with Crippen LogP contribution < -0.4 is 15.4 Å². The van der Waals surface area contributed by atoms with E-state index in [9.17, 15) is 4.39 Å². The topological polar surface area (TPSA) is 45.6 Å². The van der Waals surface area contributed by atoms with Gasteiger partial charge in [0.15, 0.2) is 17.5 Å². The standard InChI is InChI=1S/C18H28FN3OS/c1-4-23-17-9-6-13(10-16(17)19)12-21-18(20-3)22-14-7-8-15(11-14)24-5-2/h6,9-10,14-15H,4-5,7-8,11-12H2,1-3H3,(H2,20,21,22). The average molecular weight is 354 g/mol. The highest BCUT2D eigenvalue weighted by atomic mass is 32.2. The molecule has 0 aliphatic heterocycles. The van der Waals surface area contributed by atoms with Crippen LogP contribution in [0.1, 0.15) is 38.7 Å². The molecule has 1 aliphatic rings. The minimum absolute atomic E-state index is 0.300. The molecule has 0 heterocycles. The van der Waals surface area contributed by atoms with Gasteiger partial charge in [0.25, 0.3) is 0 Å². The summed E-state index contributed by atoms with van der Waals surface area (Å²) in [6.45, 7) is 5.05. The van der Waals surface area contributed by atoms with Crippen molar-refractivity contribution in [3.63, 3.8) is 0 Å². The SMILES string of the molecule is CCOc1ccc(CNC(=NC)NC2CCC(SCC)C2)cc1F. The van der Waals surface area contributed by atoms with Crippen molar-refractivity contribution in [2.45, 2.75) is 50.9 Å². The zero-order valence-electron chi connectivity index (χ0n) is 14.8. The lowest BCUT2D eigenvalue weighted by Crippen LogP contribution is -2.42. The number of aliphatic imine (C=N–C) groups is 1. The Morgan fingerprint density at radius 1 is 1.38 bits per heavy atom. The molecule has 4 nitrogen and oxygen atoms in total. The summed E-state index contributed by atoms with van der Waals surface area (Å²) in [5, 5.41) is 7.50. The van der Waals surface area contributed by atoms with Crippen LogP contribution >= 0.6 is 11.8 Å². The van der Waals surface area contributed by atoms with Crippen molar-refractivity contribution >= 4 is 17.7 Å². The number of benzene rings is 1. The van der Waals surface area contributed by atoms with Crippen molar-refractivity contribution in [1.82, 2.24) is 10.6 Å². The van der Waals surface area contributed by atoms with Gasteiger partial charge in [-0.05, 0) is 49.6 Å². The summed E-state index contributed by atoms with van der Waals surface area (Å²) in [4.78, 5) is 4.28. The normalized spacial score (nSPS) is 20.9. The molecule has 0 amide bonds. The van der Waals surface area contributed by atoms with Crippen molar-refractivity contribution in [2.75, 3.05) is 19.4 Å². The number of nitrogens with zero attached hydrogens (tertiary/aromatic N) is 1. The molecular weight excluding hydrogens is 325 g/mol. The first-order valence-corrected chi connectivity index (χ1v) is 9.71. The van der Waals surface area contributed by atoms with Crippen LogP contribution in [-0.4, -0.2) is 36.7 Å². The predicted molar refractivity (Wildman–Crippen MR) is 100 cm³/mol. The maximum Gasteiger partial charge on any atom is 0.191 e. The van der Waals surface area contributed by atoms with E-state index in [1.807, 2.05) is 24.8 Å². The molecule has 1 aromatic rings. The third kappa shape index (κ3) is 5.58. The number of hydrogen-bond donors (Lipinski definition) is 2. The molecule has 1 aliphatic carbocycles. The highest BCUT2D eigenvalue weighted by Gasteiger charge is 2.25. The van der Waals surface area contributed by atoms with Crippen molar-refractivity contribution in [2.24, 2.45) is 4.99 Å². The highest BCUT2D eigenvalue weighted by molar-refractivity contribution is 7.99. The van der Waals surface area contributed by atoms with Gasteiger partial charge < -0.3 is 15.4 Å². The molecule has 134 valence electrons. The van der Waals surface area contributed by atoms with Gasteiger partial charge in [-0.2, -0.15) is 11.8 Å². The third-order valence-electron chi connectivity index (χ3n) is 4.11. The van der Waals surface area contributed by atoms with E-state index in [1.165, 1.54) is 31.1 Å². The molecule has 0 radical (unpaired) electrons. The monoisotopic (exact) mass is 353 g/mol. The first-order chi connectivity index (χ1) is 11.7. The van der Waals surface area contributed by atoms with Gasteiger partial charge >= 0.3 is 0 Å². The van der Waals surface area contributed by atoms with Crippen LogP contribution in [0.2, 0.25) is 0 Å². The van der Waals surface area contributed by atoms with Crippen LogP contribution in [0.15, 0.2) is 23.2 Å². The van der Waals surface area contributed by atoms with Gasteiger partial charge in [-0.25, -0.2) is 4.39 Å². The van der Waals surface area contributed by atoms with Crippen LogP contribution in [-0.2, 0) is 6.54 Å². The van der Waals surface area contributed by atoms with Crippen LogP contribution in [0.3, 0.4) is 0 Å². The lowest BCUT2D eigenvalue weighted by atomic mass is 10.2. The molecule has 24 heavy (non-hydrogen) atoms. The number of hydrogen-bond acceptors (Lipinski definition) is 3. The Morgan fingerprint density at radius 3 is 2.88 bits per heavy atom. The maximum atomic E-state index is 13.9. The summed E-state index contributed by atoms with van der Waals surface area (Å²) >= 11 is 2.04. The number of nitrogens with one attached hydrogen (secondary N) is 2. The van der Waals surface area contributed by atoms with E-state index in [1.54, 1.807) is 13.1 Å². The second-order valence-electron chi connectivity index (χ2n) is 5.86. The molecule has 1 aromatic carbocycles. The van der Waals surface area contributed by atoms with E-state index in [0.717, 1.165) is 16.8 Å². The lowest BCUT2D eigenvalue weighted by Gasteiger charge is -2.17. The Labute approximate surface area is 148 Å². The third-order valence-corrected chi connectivity index (χ3v) is 5.34. The molecule has 6 heteroatoms. The largest absolute Gasteiger partial charge is 0.491 e. The molecule has 0 bridgehead atoms. The fraction of sp³-hybridized carbons (Fsp3) is 0.611. The van der Waals surface area contributed by atoms with E-state index in [-0.39, 0.29) is 5.82 Å². The Balaban J connectivity index is 1.82. The Kier molecular flexibility index (Phi) is 7.69. The van der Waals surface area contributed by atoms with Crippen LogP contribution in [0.5, 0.6) is 5.75 Å². The molecule has 2 N–H and O–H groups in total. The minimum atomic E-state index is -0.325. The van der Waals surface area contributed by atoms with E-state index in [2.05, 4.69) is 22.5 Å². The predicted octanol–water partition coefficient (Wildman–Crippen LogP) is 3.56. The zero-order valence-corrected chi connectivity index (χ0v) is 15.6.